The van der Waals surface area contributed by atoms with E-state index in [0.29, 0.717) is 18.5 Å². The van der Waals surface area contributed by atoms with Gasteiger partial charge >= 0.3 is 0 Å². The monoisotopic (exact) mass is 315 g/mol. The minimum Gasteiger partial charge on any atom is -0.293 e. The van der Waals surface area contributed by atoms with Crippen LogP contribution in [-0.4, -0.2) is 29.8 Å². The maximum atomic E-state index is 12.2. The van der Waals surface area contributed by atoms with E-state index in [2.05, 4.69) is 34.7 Å². The van der Waals surface area contributed by atoms with Gasteiger partial charge in [-0.05, 0) is 53.1 Å². The predicted molar refractivity (Wildman–Crippen MR) is 75.8 cm³/mol. The zero-order valence-corrected chi connectivity index (χ0v) is 12.7. The van der Waals surface area contributed by atoms with E-state index in [1.54, 1.807) is 0 Å². The molecule has 0 N–H and O–H groups in total. The van der Waals surface area contributed by atoms with Gasteiger partial charge in [-0.2, -0.15) is 0 Å². The Kier molecular flexibility index (Phi) is 4.39. The lowest BCUT2D eigenvalue weighted by atomic mass is 9.95. The van der Waals surface area contributed by atoms with Gasteiger partial charge < -0.3 is 0 Å². The Morgan fingerprint density at radius 3 is 2.94 bits per heavy atom. The van der Waals surface area contributed by atoms with Crippen LogP contribution in [0.1, 0.15) is 36.4 Å². The average Bonchev–Trinajstić information content (AvgIpc) is 2.70. The number of thiophene rings is 1. The molecule has 2 heterocycles. The van der Waals surface area contributed by atoms with Crippen LogP contribution >= 0.6 is 27.3 Å². The maximum absolute atomic E-state index is 12.2. The highest BCUT2D eigenvalue weighted by molar-refractivity contribution is 9.10. The molecule has 0 radical (unpaired) electrons. The lowest BCUT2D eigenvalue weighted by Gasteiger charge is -2.36. The second kappa shape index (κ2) is 5.63. The molecule has 4 heteroatoms. The first kappa shape index (κ1) is 13.2. The topological polar surface area (TPSA) is 20.3 Å². The van der Waals surface area contributed by atoms with Crippen LogP contribution in [0.4, 0.5) is 0 Å². The second-order valence-electron chi connectivity index (χ2n) is 4.98. The zero-order chi connectivity index (χ0) is 12.4. The number of hydrogen-bond acceptors (Lipinski definition) is 3. The highest BCUT2D eigenvalue weighted by Crippen LogP contribution is 2.25. The molecule has 1 aliphatic heterocycles. The standard InChI is InChI=1S/C13H18BrNOS/c1-9-3-4-10(2)15(7-9)8-12(16)13-11(14)5-6-17-13/h5-6,9-10H,3-4,7-8H2,1-2H3. The summed E-state index contributed by atoms with van der Waals surface area (Å²) in [5, 5.41) is 1.96. The molecule has 2 rings (SSSR count). The lowest BCUT2D eigenvalue weighted by Crippen LogP contribution is -2.43. The van der Waals surface area contributed by atoms with Gasteiger partial charge in [0.2, 0.25) is 0 Å². The molecule has 0 aliphatic carbocycles. The third kappa shape index (κ3) is 3.18. The molecule has 94 valence electrons. The summed E-state index contributed by atoms with van der Waals surface area (Å²) in [6.07, 6.45) is 2.49. The van der Waals surface area contributed by atoms with Crippen LogP contribution in [0.5, 0.6) is 0 Å². The van der Waals surface area contributed by atoms with Gasteiger partial charge in [-0.1, -0.05) is 6.92 Å². The van der Waals surface area contributed by atoms with Crippen LogP contribution in [0.2, 0.25) is 0 Å². The van der Waals surface area contributed by atoms with E-state index in [4.69, 9.17) is 0 Å². The first-order valence-electron chi connectivity index (χ1n) is 6.08. The van der Waals surface area contributed by atoms with Gasteiger partial charge in [0.05, 0.1) is 11.4 Å². The quantitative estimate of drug-likeness (QED) is 0.790. The van der Waals surface area contributed by atoms with E-state index in [0.717, 1.165) is 15.9 Å². The molecular formula is C13H18BrNOS. The van der Waals surface area contributed by atoms with Gasteiger partial charge in [0.25, 0.3) is 0 Å². The first-order valence-corrected chi connectivity index (χ1v) is 7.75. The van der Waals surface area contributed by atoms with Gasteiger partial charge in [0.15, 0.2) is 5.78 Å². The molecule has 0 aromatic carbocycles. The van der Waals surface area contributed by atoms with Crippen molar-refractivity contribution in [3.63, 3.8) is 0 Å². The van der Waals surface area contributed by atoms with Crippen LogP contribution in [-0.2, 0) is 0 Å². The molecule has 2 unspecified atom stereocenters. The maximum Gasteiger partial charge on any atom is 0.187 e. The SMILES string of the molecule is CC1CCC(C)N(CC(=O)c2sccc2Br)C1. The summed E-state index contributed by atoms with van der Waals surface area (Å²) in [7, 11) is 0. The van der Waals surface area contributed by atoms with Crippen molar-refractivity contribution in [3.8, 4) is 0 Å². The number of piperidine rings is 1. The fourth-order valence-corrected chi connectivity index (χ4v) is 3.87. The Morgan fingerprint density at radius 1 is 1.53 bits per heavy atom. The summed E-state index contributed by atoms with van der Waals surface area (Å²) in [6.45, 7) is 6.10. The van der Waals surface area contributed by atoms with Crippen molar-refractivity contribution < 1.29 is 4.79 Å². The Hall–Kier alpha value is -0.190. The first-order chi connectivity index (χ1) is 8.08. The number of carbonyl (C=O) groups excluding carboxylic acids is 1. The summed E-state index contributed by atoms with van der Waals surface area (Å²) >= 11 is 4.95. The molecule has 0 bridgehead atoms. The van der Waals surface area contributed by atoms with Crippen molar-refractivity contribution >= 4 is 33.0 Å². The molecule has 0 amide bonds. The van der Waals surface area contributed by atoms with Crippen molar-refractivity contribution in [3.05, 3.63) is 20.8 Å². The smallest absolute Gasteiger partial charge is 0.187 e. The minimum absolute atomic E-state index is 0.243. The lowest BCUT2D eigenvalue weighted by molar-refractivity contribution is 0.0808. The zero-order valence-electron chi connectivity index (χ0n) is 10.3. The number of halogens is 1. The molecule has 2 atom stereocenters. The third-order valence-corrected chi connectivity index (χ3v) is 5.34. The Labute approximate surface area is 115 Å². The van der Waals surface area contributed by atoms with Gasteiger partial charge in [0.1, 0.15) is 0 Å². The predicted octanol–water partition coefficient (Wildman–Crippen LogP) is 3.81. The summed E-state index contributed by atoms with van der Waals surface area (Å²) in [6, 6.07) is 2.48. The number of nitrogens with zero attached hydrogens (tertiary/aromatic N) is 1. The van der Waals surface area contributed by atoms with Crippen LogP contribution in [0.25, 0.3) is 0 Å². The van der Waals surface area contributed by atoms with E-state index in [1.807, 2.05) is 11.4 Å². The van der Waals surface area contributed by atoms with E-state index in [9.17, 15) is 4.79 Å². The van der Waals surface area contributed by atoms with E-state index >= 15 is 0 Å². The van der Waals surface area contributed by atoms with Gasteiger partial charge in [-0.25, -0.2) is 0 Å². The molecule has 0 saturated carbocycles. The normalized spacial score (nSPS) is 26.1. The number of hydrogen-bond donors (Lipinski definition) is 0. The number of likely N-dealkylation sites (tertiary alicyclic amines) is 1. The van der Waals surface area contributed by atoms with Crippen LogP contribution < -0.4 is 0 Å². The van der Waals surface area contributed by atoms with Crippen LogP contribution in [0, 0.1) is 5.92 Å². The number of carbonyl (C=O) groups is 1. The molecule has 1 saturated heterocycles. The third-order valence-electron chi connectivity index (χ3n) is 3.46. The van der Waals surface area contributed by atoms with Crippen molar-refractivity contribution in [2.75, 3.05) is 13.1 Å². The molecule has 0 spiro atoms. The Bertz CT molecular complexity index is 404. The van der Waals surface area contributed by atoms with Gasteiger partial charge in [0, 0.05) is 17.1 Å². The van der Waals surface area contributed by atoms with Crippen LogP contribution in [0.3, 0.4) is 0 Å². The highest BCUT2D eigenvalue weighted by Gasteiger charge is 2.25. The molecule has 1 aromatic rings. The van der Waals surface area contributed by atoms with Crippen LogP contribution in [0.15, 0.2) is 15.9 Å². The van der Waals surface area contributed by atoms with Crippen molar-refractivity contribution in [1.29, 1.82) is 0 Å². The summed E-state index contributed by atoms with van der Waals surface area (Å²) in [4.78, 5) is 15.4. The number of Topliss-reactive ketones (excluding diaryl/α,β-unsaturated/α-hetero) is 1. The van der Waals surface area contributed by atoms with Gasteiger partial charge in [-0.3, -0.25) is 9.69 Å². The Balaban J connectivity index is 2.01. The molecular weight excluding hydrogens is 298 g/mol. The minimum atomic E-state index is 0.243. The molecule has 1 fully saturated rings. The number of ketones is 1. The Morgan fingerprint density at radius 2 is 2.29 bits per heavy atom. The molecule has 1 aromatic heterocycles. The summed E-state index contributed by atoms with van der Waals surface area (Å²) < 4.78 is 0.935. The molecule has 1 aliphatic rings. The van der Waals surface area contributed by atoms with E-state index in [-0.39, 0.29) is 5.78 Å². The van der Waals surface area contributed by atoms with E-state index < -0.39 is 0 Å². The fraction of sp³-hybridized carbons (Fsp3) is 0.615. The number of rotatable bonds is 3. The van der Waals surface area contributed by atoms with Gasteiger partial charge in [-0.15, -0.1) is 11.3 Å². The largest absolute Gasteiger partial charge is 0.293 e. The molecule has 2 nitrogen and oxygen atoms in total. The summed E-state index contributed by atoms with van der Waals surface area (Å²) in [5.74, 6) is 0.957. The van der Waals surface area contributed by atoms with Crippen molar-refractivity contribution in [1.82, 2.24) is 4.90 Å². The van der Waals surface area contributed by atoms with Crippen molar-refractivity contribution in [2.45, 2.75) is 32.7 Å². The fourth-order valence-electron chi connectivity index (χ4n) is 2.35. The van der Waals surface area contributed by atoms with E-state index in [1.165, 1.54) is 24.2 Å². The highest BCUT2D eigenvalue weighted by atomic mass is 79.9. The summed E-state index contributed by atoms with van der Waals surface area (Å²) in [5.41, 5.74) is 0. The second-order valence-corrected chi connectivity index (χ2v) is 6.75. The average molecular weight is 316 g/mol. The van der Waals surface area contributed by atoms with Crippen molar-refractivity contribution in [2.24, 2.45) is 5.92 Å². The molecule has 17 heavy (non-hydrogen) atoms.